The standard InChI is InChI=1S/C7H12O3/c1-7(2)9-4-3-6(5-8)10-7/h5-6H,3-4H2,1-2H3/t6-/m1/s1. The van der Waals surface area contributed by atoms with Gasteiger partial charge in [0.15, 0.2) is 5.79 Å². The molecule has 1 saturated heterocycles. The van der Waals surface area contributed by atoms with Gasteiger partial charge >= 0.3 is 0 Å². The maximum atomic E-state index is 10.3. The Morgan fingerprint density at radius 3 is 2.70 bits per heavy atom. The molecule has 0 aromatic heterocycles. The molecule has 58 valence electrons. The normalized spacial score (nSPS) is 31.6. The summed E-state index contributed by atoms with van der Waals surface area (Å²) in [6.45, 7) is 4.22. The highest BCUT2D eigenvalue weighted by molar-refractivity contribution is 5.56. The van der Waals surface area contributed by atoms with Crippen molar-refractivity contribution in [2.45, 2.75) is 32.2 Å². The molecule has 0 radical (unpaired) electrons. The second kappa shape index (κ2) is 2.68. The topological polar surface area (TPSA) is 35.5 Å². The Balaban J connectivity index is 2.47. The highest BCUT2D eigenvalue weighted by Gasteiger charge is 2.28. The van der Waals surface area contributed by atoms with E-state index in [0.29, 0.717) is 13.0 Å². The molecule has 0 bridgehead atoms. The molecule has 0 aromatic carbocycles. The third-order valence-corrected chi connectivity index (χ3v) is 1.44. The van der Waals surface area contributed by atoms with Crippen LogP contribution in [0.25, 0.3) is 0 Å². The molecular weight excluding hydrogens is 132 g/mol. The fourth-order valence-electron chi connectivity index (χ4n) is 0.974. The van der Waals surface area contributed by atoms with Crippen LogP contribution in [-0.4, -0.2) is 24.8 Å². The van der Waals surface area contributed by atoms with E-state index in [1.54, 1.807) is 0 Å². The minimum absolute atomic E-state index is 0.274. The van der Waals surface area contributed by atoms with Gasteiger partial charge in [-0.2, -0.15) is 0 Å². The van der Waals surface area contributed by atoms with Crippen molar-refractivity contribution in [2.24, 2.45) is 0 Å². The first kappa shape index (κ1) is 7.69. The summed E-state index contributed by atoms with van der Waals surface area (Å²) in [4.78, 5) is 10.3. The van der Waals surface area contributed by atoms with Crippen LogP contribution in [0.3, 0.4) is 0 Å². The quantitative estimate of drug-likeness (QED) is 0.509. The molecule has 0 saturated carbocycles. The molecule has 0 amide bonds. The zero-order chi connectivity index (χ0) is 7.61. The third kappa shape index (κ3) is 1.78. The fraction of sp³-hybridized carbons (Fsp3) is 0.857. The third-order valence-electron chi connectivity index (χ3n) is 1.44. The van der Waals surface area contributed by atoms with Crippen LogP contribution < -0.4 is 0 Å². The zero-order valence-corrected chi connectivity index (χ0v) is 6.29. The van der Waals surface area contributed by atoms with E-state index in [1.807, 2.05) is 13.8 Å². The van der Waals surface area contributed by atoms with Crippen LogP contribution in [0.2, 0.25) is 0 Å². The van der Waals surface area contributed by atoms with E-state index in [0.717, 1.165) is 6.29 Å². The fourth-order valence-corrected chi connectivity index (χ4v) is 0.974. The number of aldehydes is 1. The lowest BCUT2D eigenvalue weighted by molar-refractivity contribution is -0.264. The van der Waals surface area contributed by atoms with Crippen molar-refractivity contribution in [2.75, 3.05) is 6.61 Å². The van der Waals surface area contributed by atoms with Crippen LogP contribution in [0.5, 0.6) is 0 Å². The lowest BCUT2D eigenvalue weighted by Gasteiger charge is -2.33. The Hall–Kier alpha value is -0.410. The van der Waals surface area contributed by atoms with Crippen molar-refractivity contribution in [3.63, 3.8) is 0 Å². The Morgan fingerprint density at radius 2 is 2.30 bits per heavy atom. The minimum atomic E-state index is -0.580. The molecule has 1 aliphatic heterocycles. The second-order valence-electron chi connectivity index (χ2n) is 2.83. The summed E-state index contributed by atoms with van der Waals surface area (Å²) in [5, 5.41) is 0. The van der Waals surface area contributed by atoms with Crippen molar-refractivity contribution < 1.29 is 14.3 Å². The van der Waals surface area contributed by atoms with Gasteiger partial charge in [-0.15, -0.1) is 0 Å². The predicted octanol–water partition coefficient (Wildman–Crippen LogP) is 0.727. The maximum absolute atomic E-state index is 10.3. The number of hydrogen-bond donors (Lipinski definition) is 0. The van der Waals surface area contributed by atoms with E-state index in [1.165, 1.54) is 0 Å². The van der Waals surface area contributed by atoms with Crippen LogP contribution >= 0.6 is 0 Å². The van der Waals surface area contributed by atoms with Crippen molar-refractivity contribution in [3.8, 4) is 0 Å². The van der Waals surface area contributed by atoms with E-state index in [-0.39, 0.29) is 6.10 Å². The van der Waals surface area contributed by atoms with Gasteiger partial charge < -0.3 is 14.3 Å². The molecule has 0 aliphatic carbocycles. The summed E-state index contributed by atoms with van der Waals surface area (Å²) in [6.07, 6.45) is 1.22. The van der Waals surface area contributed by atoms with Gasteiger partial charge in [0.25, 0.3) is 0 Å². The number of hydrogen-bond acceptors (Lipinski definition) is 3. The van der Waals surface area contributed by atoms with Gasteiger partial charge in [0, 0.05) is 6.42 Å². The van der Waals surface area contributed by atoms with Gasteiger partial charge in [-0.25, -0.2) is 0 Å². The smallest absolute Gasteiger partial charge is 0.163 e. The Morgan fingerprint density at radius 1 is 1.60 bits per heavy atom. The van der Waals surface area contributed by atoms with Crippen LogP contribution in [-0.2, 0) is 14.3 Å². The van der Waals surface area contributed by atoms with Gasteiger partial charge in [0.1, 0.15) is 12.4 Å². The molecule has 1 atom stereocenters. The van der Waals surface area contributed by atoms with Gasteiger partial charge in [0.2, 0.25) is 0 Å². The summed E-state index contributed by atoms with van der Waals surface area (Å²) in [5.74, 6) is -0.580. The number of ether oxygens (including phenoxy) is 2. The molecule has 0 N–H and O–H groups in total. The summed E-state index contributed by atoms with van der Waals surface area (Å²) >= 11 is 0. The molecule has 10 heavy (non-hydrogen) atoms. The van der Waals surface area contributed by atoms with Crippen LogP contribution in [0.4, 0.5) is 0 Å². The number of rotatable bonds is 1. The van der Waals surface area contributed by atoms with Gasteiger partial charge in [-0.3, -0.25) is 0 Å². The predicted molar refractivity (Wildman–Crippen MR) is 35.6 cm³/mol. The maximum Gasteiger partial charge on any atom is 0.163 e. The lowest BCUT2D eigenvalue weighted by atomic mass is 10.2. The van der Waals surface area contributed by atoms with Crippen molar-refractivity contribution in [1.29, 1.82) is 0 Å². The molecule has 0 aromatic rings. The van der Waals surface area contributed by atoms with Gasteiger partial charge in [-0.1, -0.05) is 0 Å². The molecule has 1 heterocycles. The van der Waals surface area contributed by atoms with E-state index in [4.69, 9.17) is 9.47 Å². The largest absolute Gasteiger partial charge is 0.350 e. The van der Waals surface area contributed by atoms with E-state index in [9.17, 15) is 4.79 Å². The summed E-state index contributed by atoms with van der Waals surface area (Å²) < 4.78 is 10.4. The number of carbonyl (C=O) groups excluding carboxylic acids is 1. The molecule has 0 unspecified atom stereocenters. The van der Waals surface area contributed by atoms with Crippen LogP contribution in [0, 0.1) is 0 Å². The highest BCUT2D eigenvalue weighted by atomic mass is 16.7. The van der Waals surface area contributed by atoms with Gasteiger partial charge in [0.05, 0.1) is 6.61 Å². The van der Waals surface area contributed by atoms with E-state index in [2.05, 4.69) is 0 Å². The molecule has 1 rings (SSSR count). The molecule has 3 nitrogen and oxygen atoms in total. The van der Waals surface area contributed by atoms with E-state index >= 15 is 0 Å². The zero-order valence-electron chi connectivity index (χ0n) is 6.29. The summed E-state index contributed by atoms with van der Waals surface area (Å²) in [5.41, 5.74) is 0. The summed E-state index contributed by atoms with van der Waals surface area (Å²) in [7, 11) is 0. The Labute approximate surface area is 60.3 Å². The first-order valence-corrected chi connectivity index (χ1v) is 3.41. The molecule has 1 aliphatic rings. The number of carbonyl (C=O) groups is 1. The van der Waals surface area contributed by atoms with Crippen molar-refractivity contribution in [3.05, 3.63) is 0 Å². The average molecular weight is 144 g/mol. The lowest BCUT2D eigenvalue weighted by Crippen LogP contribution is -2.40. The average Bonchev–Trinajstić information content (AvgIpc) is 1.86. The second-order valence-corrected chi connectivity index (χ2v) is 2.83. The minimum Gasteiger partial charge on any atom is -0.350 e. The van der Waals surface area contributed by atoms with Crippen molar-refractivity contribution in [1.82, 2.24) is 0 Å². The molecule has 3 heteroatoms. The molecule has 1 fully saturated rings. The SMILES string of the molecule is CC1(C)OCC[C@H](C=O)O1. The van der Waals surface area contributed by atoms with Gasteiger partial charge in [-0.05, 0) is 13.8 Å². The Bertz CT molecular complexity index is 131. The van der Waals surface area contributed by atoms with E-state index < -0.39 is 5.79 Å². The molecule has 0 spiro atoms. The van der Waals surface area contributed by atoms with Crippen LogP contribution in [0.1, 0.15) is 20.3 Å². The monoisotopic (exact) mass is 144 g/mol. The Kier molecular flexibility index (Phi) is 2.06. The molecular formula is C7H12O3. The van der Waals surface area contributed by atoms with Crippen LogP contribution in [0.15, 0.2) is 0 Å². The first-order valence-electron chi connectivity index (χ1n) is 3.41. The first-order chi connectivity index (χ1) is 4.64. The summed E-state index contributed by atoms with van der Waals surface area (Å²) in [6, 6.07) is 0. The van der Waals surface area contributed by atoms with Crippen molar-refractivity contribution >= 4 is 6.29 Å². The highest BCUT2D eigenvalue weighted by Crippen LogP contribution is 2.20.